The third-order valence-corrected chi connectivity index (χ3v) is 3.19. The second kappa shape index (κ2) is 4.00. The molecule has 1 unspecified atom stereocenters. The third-order valence-electron chi connectivity index (χ3n) is 2.49. The zero-order valence-electron chi connectivity index (χ0n) is 8.31. The molecule has 1 aliphatic rings. The molecule has 0 bridgehead atoms. The number of nitrogens with zero attached hydrogens (tertiary/aromatic N) is 2. The van der Waals surface area contributed by atoms with Crippen LogP contribution in [0.4, 0.5) is 0 Å². The first-order valence-electron chi connectivity index (χ1n) is 4.91. The molecule has 0 aliphatic carbocycles. The molecule has 14 heavy (non-hydrogen) atoms. The fraction of sp³-hybridized carbons (Fsp3) is 0.500. The average Bonchev–Trinajstić information content (AvgIpc) is 2.77. The van der Waals surface area contributed by atoms with E-state index in [1.54, 1.807) is 11.3 Å². The van der Waals surface area contributed by atoms with Gasteiger partial charge in [-0.1, -0.05) is 6.92 Å². The lowest BCUT2D eigenvalue weighted by atomic mass is 10.1. The van der Waals surface area contributed by atoms with E-state index in [0.717, 1.165) is 19.5 Å². The summed E-state index contributed by atoms with van der Waals surface area (Å²) in [6, 6.07) is 2.53. The Morgan fingerprint density at radius 1 is 1.71 bits per heavy atom. The summed E-state index contributed by atoms with van der Waals surface area (Å²) in [6.07, 6.45) is 1.11. The van der Waals surface area contributed by atoms with E-state index in [2.05, 4.69) is 33.6 Å². The lowest BCUT2D eigenvalue weighted by Crippen LogP contribution is -2.36. The van der Waals surface area contributed by atoms with Crippen molar-refractivity contribution in [2.45, 2.75) is 19.4 Å². The van der Waals surface area contributed by atoms with E-state index in [0.29, 0.717) is 12.0 Å². The Morgan fingerprint density at radius 2 is 2.57 bits per heavy atom. The SMILES string of the molecule is CCCN1C(N)=NCC1c1ccsc1. The maximum absolute atomic E-state index is 5.84. The number of nitrogens with two attached hydrogens (primary N) is 1. The number of hydrogen-bond acceptors (Lipinski definition) is 4. The molecule has 0 saturated heterocycles. The molecule has 3 nitrogen and oxygen atoms in total. The van der Waals surface area contributed by atoms with Gasteiger partial charge in [0.05, 0.1) is 12.6 Å². The van der Waals surface area contributed by atoms with Crippen LogP contribution < -0.4 is 5.73 Å². The fourth-order valence-corrected chi connectivity index (χ4v) is 2.50. The highest BCUT2D eigenvalue weighted by molar-refractivity contribution is 7.07. The van der Waals surface area contributed by atoms with Crippen LogP contribution in [-0.2, 0) is 0 Å². The van der Waals surface area contributed by atoms with Crippen molar-refractivity contribution >= 4 is 17.3 Å². The van der Waals surface area contributed by atoms with Crippen molar-refractivity contribution in [3.05, 3.63) is 22.4 Å². The minimum Gasteiger partial charge on any atom is -0.370 e. The minimum absolute atomic E-state index is 0.376. The number of hydrogen-bond donors (Lipinski definition) is 1. The number of guanidine groups is 1. The van der Waals surface area contributed by atoms with E-state index in [1.165, 1.54) is 5.56 Å². The Kier molecular flexibility index (Phi) is 2.72. The topological polar surface area (TPSA) is 41.6 Å². The Hall–Kier alpha value is -1.03. The largest absolute Gasteiger partial charge is 0.370 e. The summed E-state index contributed by atoms with van der Waals surface area (Å²) in [4.78, 5) is 6.50. The van der Waals surface area contributed by atoms with Crippen molar-refractivity contribution in [1.29, 1.82) is 0 Å². The van der Waals surface area contributed by atoms with Gasteiger partial charge in [0.1, 0.15) is 0 Å². The standard InChI is InChI=1S/C10H15N3S/c1-2-4-13-9(6-12-10(13)11)8-3-5-14-7-8/h3,5,7,9H,2,4,6H2,1H3,(H2,11,12). The first-order valence-corrected chi connectivity index (χ1v) is 5.86. The third kappa shape index (κ3) is 1.62. The van der Waals surface area contributed by atoms with Gasteiger partial charge in [-0.3, -0.25) is 4.99 Å². The Balaban J connectivity index is 2.14. The van der Waals surface area contributed by atoms with E-state index in [4.69, 9.17) is 5.73 Å². The summed E-state index contributed by atoms with van der Waals surface area (Å²) >= 11 is 1.73. The number of aliphatic imine (C=N–C) groups is 1. The molecule has 0 fully saturated rings. The predicted molar refractivity (Wildman–Crippen MR) is 60.5 cm³/mol. The highest BCUT2D eigenvalue weighted by Gasteiger charge is 2.26. The van der Waals surface area contributed by atoms with Crippen LogP contribution in [0, 0.1) is 0 Å². The molecule has 1 atom stereocenters. The highest BCUT2D eigenvalue weighted by Crippen LogP contribution is 2.26. The molecule has 2 heterocycles. The summed E-state index contributed by atoms with van der Waals surface area (Å²) in [6.45, 7) is 3.97. The van der Waals surface area contributed by atoms with Gasteiger partial charge in [-0.2, -0.15) is 11.3 Å². The molecule has 0 radical (unpaired) electrons. The molecule has 1 aromatic rings. The van der Waals surface area contributed by atoms with Crippen molar-refractivity contribution in [3.8, 4) is 0 Å². The minimum atomic E-state index is 0.376. The normalized spacial score (nSPS) is 21.4. The van der Waals surface area contributed by atoms with Crippen molar-refractivity contribution in [2.75, 3.05) is 13.1 Å². The molecule has 0 amide bonds. The van der Waals surface area contributed by atoms with Crippen LogP contribution in [-0.4, -0.2) is 23.9 Å². The second-order valence-corrected chi connectivity index (χ2v) is 4.24. The first kappa shape index (κ1) is 9.52. The van der Waals surface area contributed by atoms with E-state index in [-0.39, 0.29) is 0 Å². The molecule has 1 aliphatic heterocycles. The molecule has 1 aromatic heterocycles. The van der Waals surface area contributed by atoms with Crippen molar-refractivity contribution < 1.29 is 0 Å². The van der Waals surface area contributed by atoms with Crippen LogP contribution in [0.2, 0.25) is 0 Å². The zero-order valence-corrected chi connectivity index (χ0v) is 9.13. The van der Waals surface area contributed by atoms with Crippen LogP contribution in [0.5, 0.6) is 0 Å². The smallest absolute Gasteiger partial charge is 0.191 e. The molecule has 76 valence electrons. The van der Waals surface area contributed by atoms with Crippen LogP contribution in [0.3, 0.4) is 0 Å². The van der Waals surface area contributed by atoms with Gasteiger partial charge in [-0.15, -0.1) is 0 Å². The van der Waals surface area contributed by atoms with Gasteiger partial charge in [0.15, 0.2) is 5.96 Å². The van der Waals surface area contributed by atoms with Gasteiger partial charge < -0.3 is 10.6 Å². The van der Waals surface area contributed by atoms with Crippen molar-refractivity contribution in [2.24, 2.45) is 10.7 Å². The molecule has 0 aromatic carbocycles. The predicted octanol–water partition coefficient (Wildman–Crippen LogP) is 1.83. The van der Waals surface area contributed by atoms with E-state index < -0.39 is 0 Å². The quantitative estimate of drug-likeness (QED) is 0.825. The summed E-state index contributed by atoms with van der Waals surface area (Å²) in [5, 5.41) is 4.29. The molecule has 0 saturated carbocycles. The molecule has 2 N–H and O–H groups in total. The maximum Gasteiger partial charge on any atom is 0.191 e. The van der Waals surface area contributed by atoms with E-state index in [1.807, 2.05) is 0 Å². The Labute approximate surface area is 88.3 Å². The summed E-state index contributed by atoms with van der Waals surface area (Å²) in [5.41, 5.74) is 7.18. The van der Waals surface area contributed by atoms with Gasteiger partial charge >= 0.3 is 0 Å². The molecule has 2 rings (SSSR count). The number of thiophene rings is 1. The summed E-state index contributed by atoms with van der Waals surface area (Å²) in [5.74, 6) is 0.697. The van der Waals surface area contributed by atoms with Crippen molar-refractivity contribution in [3.63, 3.8) is 0 Å². The molecule has 4 heteroatoms. The van der Waals surface area contributed by atoms with Gasteiger partial charge in [-0.05, 0) is 28.8 Å². The summed E-state index contributed by atoms with van der Waals surface area (Å²) in [7, 11) is 0. The number of rotatable bonds is 3. The van der Waals surface area contributed by atoms with Gasteiger partial charge in [0.25, 0.3) is 0 Å². The van der Waals surface area contributed by atoms with Crippen LogP contribution >= 0.6 is 11.3 Å². The lowest BCUT2D eigenvalue weighted by molar-refractivity contribution is 0.348. The first-order chi connectivity index (χ1) is 6.83. The Morgan fingerprint density at radius 3 is 3.21 bits per heavy atom. The maximum atomic E-state index is 5.84. The fourth-order valence-electron chi connectivity index (χ4n) is 1.79. The second-order valence-electron chi connectivity index (χ2n) is 3.46. The van der Waals surface area contributed by atoms with Gasteiger partial charge in [0.2, 0.25) is 0 Å². The van der Waals surface area contributed by atoms with Crippen LogP contribution in [0.15, 0.2) is 21.8 Å². The van der Waals surface area contributed by atoms with E-state index >= 15 is 0 Å². The molecular formula is C10H15N3S. The van der Waals surface area contributed by atoms with E-state index in [9.17, 15) is 0 Å². The van der Waals surface area contributed by atoms with Crippen LogP contribution in [0.1, 0.15) is 24.9 Å². The highest BCUT2D eigenvalue weighted by atomic mass is 32.1. The monoisotopic (exact) mass is 209 g/mol. The molecular weight excluding hydrogens is 194 g/mol. The Bertz CT molecular complexity index is 318. The van der Waals surface area contributed by atoms with Crippen molar-refractivity contribution in [1.82, 2.24) is 4.90 Å². The summed E-state index contributed by atoms with van der Waals surface area (Å²) < 4.78 is 0. The van der Waals surface area contributed by atoms with Gasteiger partial charge in [0, 0.05) is 6.54 Å². The average molecular weight is 209 g/mol. The van der Waals surface area contributed by atoms with Crippen LogP contribution in [0.25, 0.3) is 0 Å². The molecule has 0 spiro atoms. The lowest BCUT2D eigenvalue weighted by Gasteiger charge is -2.25. The van der Waals surface area contributed by atoms with Gasteiger partial charge in [-0.25, -0.2) is 0 Å². The zero-order chi connectivity index (χ0) is 9.97.